The zero-order valence-electron chi connectivity index (χ0n) is 11.8. The van der Waals surface area contributed by atoms with Gasteiger partial charge in [0.25, 0.3) is 5.91 Å². The smallest absolute Gasteiger partial charge is 0.251 e. The minimum Gasteiger partial charge on any atom is -0.397 e. The Morgan fingerprint density at radius 3 is 2.57 bits per heavy atom. The number of anilines is 2. The van der Waals surface area contributed by atoms with Gasteiger partial charge in [0.15, 0.2) is 9.84 Å². The van der Waals surface area contributed by atoms with Crippen molar-refractivity contribution in [1.29, 1.82) is 0 Å². The Balaban J connectivity index is 2.21. The molecule has 21 heavy (non-hydrogen) atoms. The van der Waals surface area contributed by atoms with Crippen LogP contribution in [0.3, 0.4) is 0 Å². The molecule has 114 valence electrons. The Kier molecular flexibility index (Phi) is 3.91. The van der Waals surface area contributed by atoms with Crippen LogP contribution in [0, 0.1) is 0 Å². The summed E-state index contributed by atoms with van der Waals surface area (Å²) in [6.07, 6.45) is 1.76. The summed E-state index contributed by atoms with van der Waals surface area (Å²) >= 11 is 0. The van der Waals surface area contributed by atoms with Crippen LogP contribution < -0.4 is 11.1 Å². The maximum Gasteiger partial charge on any atom is 0.251 e. The zero-order chi connectivity index (χ0) is 15.8. The van der Waals surface area contributed by atoms with Gasteiger partial charge in [-0.15, -0.1) is 0 Å². The minimum atomic E-state index is -3.33. The highest BCUT2D eigenvalue weighted by atomic mass is 32.2. The first-order valence-electron chi connectivity index (χ1n) is 6.36. The van der Waals surface area contributed by atoms with Gasteiger partial charge in [0.05, 0.1) is 16.3 Å². The van der Waals surface area contributed by atoms with Crippen LogP contribution in [0.4, 0.5) is 11.4 Å². The topological polar surface area (TPSA) is 110 Å². The molecule has 2 rings (SSSR count). The van der Waals surface area contributed by atoms with Crippen LogP contribution in [0.5, 0.6) is 0 Å². The second-order valence-electron chi connectivity index (χ2n) is 5.05. The van der Waals surface area contributed by atoms with Gasteiger partial charge in [-0.2, -0.15) is 0 Å². The molecule has 7 nitrogen and oxygen atoms in total. The molecule has 1 aromatic rings. The summed E-state index contributed by atoms with van der Waals surface area (Å²) < 4.78 is 22.9. The lowest BCUT2D eigenvalue weighted by molar-refractivity contribution is -0.146. The van der Waals surface area contributed by atoms with Crippen LogP contribution in [0.15, 0.2) is 23.1 Å². The van der Waals surface area contributed by atoms with Crippen molar-refractivity contribution < 1.29 is 18.0 Å². The van der Waals surface area contributed by atoms with Crippen LogP contribution in [-0.4, -0.2) is 44.5 Å². The molecule has 8 heteroatoms. The molecule has 3 N–H and O–H groups in total. The number of piperidine rings is 1. The predicted octanol–water partition coefficient (Wildman–Crippen LogP) is 0.232. The van der Waals surface area contributed by atoms with Gasteiger partial charge >= 0.3 is 0 Å². The van der Waals surface area contributed by atoms with Crippen molar-refractivity contribution in [2.24, 2.45) is 0 Å². The van der Waals surface area contributed by atoms with E-state index in [2.05, 4.69) is 5.32 Å². The number of nitrogens with zero attached hydrogens (tertiary/aromatic N) is 1. The Bertz CT molecular complexity index is 699. The molecule has 1 aromatic carbocycles. The number of likely N-dealkylation sites (N-methyl/N-ethyl adjacent to an activating group) is 1. The number of hydrogen-bond donors (Lipinski definition) is 2. The molecule has 0 spiro atoms. The van der Waals surface area contributed by atoms with Gasteiger partial charge < -0.3 is 11.1 Å². The Morgan fingerprint density at radius 2 is 2.00 bits per heavy atom. The van der Waals surface area contributed by atoms with Gasteiger partial charge in [-0.05, 0) is 24.6 Å². The number of hydrogen-bond acceptors (Lipinski definition) is 6. The lowest BCUT2D eigenvalue weighted by Crippen LogP contribution is -2.48. The van der Waals surface area contributed by atoms with Crippen molar-refractivity contribution in [3.05, 3.63) is 18.2 Å². The van der Waals surface area contributed by atoms with E-state index in [1.165, 1.54) is 25.2 Å². The SMILES string of the molecule is CN1C(=O)CCC(Nc2ccc(S(C)(=O)=O)cc2N)C1=O. The third-order valence-electron chi connectivity index (χ3n) is 3.43. The monoisotopic (exact) mass is 311 g/mol. The number of likely N-dealkylation sites (tertiary alicyclic amines) is 1. The molecular weight excluding hydrogens is 294 g/mol. The van der Waals surface area contributed by atoms with E-state index in [4.69, 9.17) is 5.73 Å². The number of amides is 2. The summed E-state index contributed by atoms with van der Waals surface area (Å²) in [7, 11) is -1.89. The summed E-state index contributed by atoms with van der Waals surface area (Å²) in [5, 5.41) is 2.97. The average molecular weight is 311 g/mol. The van der Waals surface area contributed by atoms with Gasteiger partial charge in [0.2, 0.25) is 5.91 Å². The molecule has 0 aliphatic carbocycles. The first-order valence-corrected chi connectivity index (χ1v) is 8.26. The number of rotatable bonds is 3. The van der Waals surface area contributed by atoms with E-state index in [-0.39, 0.29) is 28.8 Å². The maximum absolute atomic E-state index is 12.0. The molecule has 1 saturated heterocycles. The molecule has 0 saturated carbocycles. The Morgan fingerprint density at radius 1 is 1.33 bits per heavy atom. The largest absolute Gasteiger partial charge is 0.397 e. The molecule has 0 aromatic heterocycles. The van der Waals surface area contributed by atoms with E-state index < -0.39 is 15.9 Å². The third-order valence-corrected chi connectivity index (χ3v) is 4.54. The molecule has 0 radical (unpaired) electrons. The quantitative estimate of drug-likeness (QED) is 0.611. The van der Waals surface area contributed by atoms with Crippen molar-refractivity contribution in [2.45, 2.75) is 23.8 Å². The second-order valence-corrected chi connectivity index (χ2v) is 7.06. The minimum absolute atomic E-state index is 0.118. The summed E-state index contributed by atoms with van der Waals surface area (Å²) in [6, 6.07) is 3.75. The molecule has 1 aliphatic heterocycles. The molecule has 1 heterocycles. The van der Waals surface area contributed by atoms with E-state index in [0.717, 1.165) is 11.2 Å². The lowest BCUT2D eigenvalue weighted by atomic mass is 10.0. The maximum atomic E-state index is 12.0. The fourth-order valence-corrected chi connectivity index (χ4v) is 2.80. The summed E-state index contributed by atoms with van der Waals surface area (Å²) in [4.78, 5) is 24.6. The van der Waals surface area contributed by atoms with Gasteiger partial charge in [0, 0.05) is 19.7 Å². The summed E-state index contributed by atoms with van der Waals surface area (Å²) in [5.74, 6) is -0.531. The number of sulfone groups is 1. The Hall–Kier alpha value is -2.09. The highest BCUT2D eigenvalue weighted by molar-refractivity contribution is 7.90. The van der Waals surface area contributed by atoms with Crippen LogP contribution in [-0.2, 0) is 19.4 Å². The first-order chi connectivity index (χ1) is 9.70. The number of benzene rings is 1. The number of imide groups is 1. The van der Waals surface area contributed by atoms with Crippen LogP contribution in [0.25, 0.3) is 0 Å². The molecule has 0 bridgehead atoms. The number of nitrogen functional groups attached to an aromatic ring is 1. The van der Waals surface area contributed by atoms with Crippen molar-refractivity contribution >= 4 is 33.0 Å². The van der Waals surface area contributed by atoms with Crippen molar-refractivity contribution in [3.8, 4) is 0 Å². The number of nitrogens with one attached hydrogen (secondary N) is 1. The van der Waals surface area contributed by atoms with E-state index >= 15 is 0 Å². The Labute approximate surface area is 123 Å². The van der Waals surface area contributed by atoms with Gasteiger partial charge in [-0.1, -0.05) is 0 Å². The molecule has 1 aliphatic rings. The lowest BCUT2D eigenvalue weighted by Gasteiger charge is -2.29. The van der Waals surface area contributed by atoms with E-state index in [0.29, 0.717) is 12.1 Å². The van der Waals surface area contributed by atoms with Crippen LogP contribution in [0.1, 0.15) is 12.8 Å². The van der Waals surface area contributed by atoms with Gasteiger partial charge in [-0.25, -0.2) is 8.42 Å². The number of carbonyl (C=O) groups is 2. The van der Waals surface area contributed by atoms with Crippen LogP contribution >= 0.6 is 0 Å². The highest BCUT2D eigenvalue weighted by Gasteiger charge is 2.31. The molecule has 1 atom stereocenters. The molecular formula is C13H17N3O4S. The van der Waals surface area contributed by atoms with Gasteiger partial charge in [0.1, 0.15) is 6.04 Å². The van der Waals surface area contributed by atoms with Crippen molar-refractivity contribution in [1.82, 2.24) is 4.90 Å². The first kappa shape index (κ1) is 15.3. The third kappa shape index (κ3) is 3.15. The van der Waals surface area contributed by atoms with E-state index in [1.807, 2.05) is 0 Å². The van der Waals surface area contributed by atoms with Crippen LogP contribution in [0.2, 0.25) is 0 Å². The molecule has 1 unspecified atom stereocenters. The highest BCUT2D eigenvalue weighted by Crippen LogP contribution is 2.25. The predicted molar refractivity (Wildman–Crippen MR) is 78.4 cm³/mol. The summed E-state index contributed by atoms with van der Waals surface area (Å²) in [5.41, 5.74) is 6.54. The molecule has 1 fully saturated rings. The number of nitrogens with two attached hydrogens (primary N) is 1. The van der Waals surface area contributed by atoms with E-state index in [1.54, 1.807) is 0 Å². The fraction of sp³-hybridized carbons (Fsp3) is 0.385. The average Bonchev–Trinajstić information content (AvgIpc) is 2.40. The summed E-state index contributed by atoms with van der Waals surface area (Å²) in [6.45, 7) is 0. The van der Waals surface area contributed by atoms with Crippen molar-refractivity contribution in [2.75, 3.05) is 24.4 Å². The van der Waals surface area contributed by atoms with E-state index in [9.17, 15) is 18.0 Å². The molecule has 2 amide bonds. The van der Waals surface area contributed by atoms with Crippen molar-refractivity contribution in [3.63, 3.8) is 0 Å². The normalized spacial score (nSPS) is 19.7. The van der Waals surface area contributed by atoms with Gasteiger partial charge in [-0.3, -0.25) is 14.5 Å². The fourth-order valence-electron chi connectivity index (χ4n) is 2.14. The zero-order valence-corrected chi connectivity index (χ0v) is 12.6. The number of carbonyl (C=O) groups excluding carboxylic acids is 2. The second kappa shape index (κ2) is 5.36. The standard InChI is InChI=1S/C13H17N3O4S/c1-16-12(17)6-5-11(13(16)18)15-10-4-3-8(7-9(10)14)21(2,19)20/h3-4,7,11,15H,5-6,14H2,1-2H3.